The third kappa shape index (κ3) is 4.29. The van der Waals surface area contributed by atoms with Gasteiger partial charge in [-0.3, -0.25) is 14.3 Å². The summed E-state index contributed by atoms with van der Waals surface area (Å²) in [5.41, 5.74) is 1.88. The zero-order valence-corrected chi connectivity index (χ0v) is 12.9. The van der Waals surface area contributed by atoms with E-state index in [9.17, 15) is 4.79 Å². The number of carbonyl (C=O) groups is 1. The second-order valence-electron chi connectivity index (χ2n) is 4.69. The summed E-state index contributed by atoms with van der Waals surface area (Å²) in [6, 6.07) is 5.86. The van der Waals surface area contributed by atoms with Crippen LogP contribution in [-0.4, -0.2) is 36.6 Å². The first-order valence-electron chi connectivity index (χ1n) is 6.79. The Morgan fingerprint density at radius 3 is 2.86 bits per heavy atom. The normalized spacial score (nSPS) is 10.8. The van der Waals surface area contributed by atoms with Crippen molar-refractivity contribution in [2.24, 2.45) is 0 Å². The Labute approximate surface area is 127 Å². The highest BCUT2D eigenvalue weighted by Crippen LogP contribution is 2.19. The maximum Gasteiger partial charge on any atom is 0.313 e. The molecular weight excluding hydrogens is 288 g/mol. The molecule has 1 N–H and O–H groups in total. The maximum absolute atomic E-state index is 10.7. The second-order valence-corrected chi connectivity index (χ2v) is 5.63. The van der Waals surface area contributed by atoms with Crippen LogP contribution in [0.25, 0.3) is 0 Å². The van der Waals surface area contributed by atoms with Gasteiger partial charge in [0.05, 0.1) is 18.0 Å². The zero-order chi connectivity index (χ0) is 15.2. The predicted molar refractivity (Wildman–Crippen MR) is 80.5 cm³/mol. The Bertz CT molecular complexity index is 627. The zero-order valence-electron chi connectivity index (χ0n) is 12.1. The van der Waals surface area contributed by atoms with Gasteiger partial charge in [0.1, 0.15) is 5.82 Å². The van der Waals surface area contributed by atoms with Crippen LogP contribution in [0.3, 0.4) is 0 Å². The lowest BCUT2D eigenvalue weighted by Crippen LogP contribution is -2.09. The van der Waals surface area contributed by atoms with E-state index in [1.54, 1.807) is 0 Å². The molecule has 0 saturated heterocycles. The van der Waals surface area contributed by atoms with Gasteiger partial charge in [0.25, 0.3) is 0 Å². The van der Waals surface area contributed by atoms with E-state index in [4.69, 9.17) is 5.11 Å². The van der Waals surface area contributed by atoms with E-state index in [2.05, 4.69) is 22.1 Å². The molecule has 0 saturated carbocycles. The van der Waals surface area contributed by atoms with Gasteiger partial charge in [-0.15, -0.1) is 10.2 Å². The Kier molecular flexibility index (Phi) is 5.32. The molecule has 2 aromatic heterocycles. The molecule has 7 heteroatoms. The molecule has 0 atom stereocenters. The van der Waals surface area contributed by atoms with Crippen LogP contribution in [0.4, 0.5) is 0 Å². The number of hydrogen-bond acceptors (Lipinski definition) is 5. The van der Waals surface area contributed by atoms with Crippen molar-refractivity contribution in [2.45, 2.75) is 38.4 Å². The van der Waals surface area contributed by atoms with E-state index in [1.807, 2.05) is 29.7 Å². The molecule has 2 rings (SSSR count). The first-order valence-corrected chi connectivity index (χ1v) is 7.78. The number of aryl methyl sites for hydroxylation is 2. The third-order valence-corrected chi connectivity index (χ3v) is 3.81. The summed E-state index contributed by atoms with van der Waals surface area (Å²) >= 11 is 1.19. The van der Waals surface area contributed by atoms with E-state index >= 15 is 0 Å². The molecular formula is C14H18N4O2S. The van der Waals surface area contributed by atoms with E-state index in [1.165, 1.54) is 11.8 Å². The number of rotatable bonds is 7. The van der Waals surface area contributed by atoms with Gasteiger partial charge in [-0.1, -0.05) is 24.8 Å². The van der Waals surface area contributed by atoms with Crippen molar-refractivity contribution in [1.82, 2.24) is 19.7 Å². The number of aliphatic carboxylic acids is 1. The lowest BCUT2D eigenvalue weighted by molar-refractivity contribution is -0.133. The van der Waals surface area contributed by atoms with Crippen LogP contribution in [0.5, 0.6) is 0 Å². The van der Waals surface area contributed by atoms with Gasteiger partial charge >= 0.3 is 5.97 Å². The van der Waals surface area contributed by atoms with Crippen LogP contribution < -0.4 is 0 Å². The minimum Gasteiger partial charge on any atom is -0.481 e. The number of aromatic nitrogens is 4. The summed E-state index contributed by atoms with van der Waals surface area (Å²) < 4.78 is 1.96. The van der Waals surface area contributed by atoms with Crippen molar-refractivity contribution in [3.63, 3.8) is 0 Å². The van der Waals surface area contributed by atoms with Crippen LogP contribution in [0.15, 0.2) is 23.4 Å². The molecule has 0 bridgehead atoms. The molecule has 0 spiro atoms. The Balaban J connectivity index is 2.25. The molecule has 2 heterocycles. The highest BCUT2D eigenvalue weighted by Gasteiger charge is 2.14. The second kappa shape index (κ2) is 7.21. The van der Waals surface area contributed by atoms with Crippen LogP contribution >= 0.6 is 11.8 Å². The average molecular weight is 306 g/mol. The van der Waals surface area contributed by atoms with Crippen molar-refractivity contribution in [3.8, 4) is 0 Å². The molecule has 0 unspecified atom stereocenters. The molecule has 0 aliphatic rings. The minimum atomic E-state index is -0.861. The fraction of sp³-hybridized carbons (Fsp3) is 0.429. The topological polar surface area (TPSA) is 80.9 Å². The first kappa shape index (κ1) is 15.5. The Morgan fingerprint density at radius 1 is 1.38 bits per heavy atom. The summed E-state index contributed by atoms with van der Waals surface area (Å²) in [5.74, 6) is -0.0140. The highest BCUT2D eigenvalue weighted by atomic mass is 32.2. The minimum absolute atomic E-state index is 0.0223. The van der Waals surface area contributed by atoms with E-state index in [0.29, 0.717) is 11.7 Å². The number of pyridine rings is 1. The Hall–Kier alpha value is -1.89. The molecule has 21 heavy (non-hydrogen) atoms. The highest BCUT2D eigenvalue weighted by molar-refractivity contribution is 7.99. The lowest BCUT2D eigenvalue weighted by atomic mass is 10.3. The van der Waals surface area contributed by atoms with Crippen molar-refractivity contribution >= 4 is 17.7 Å². The fourth-order valence-corrected chi connectivity index (χ4v) is 2.65. The predicted octanol–water partition coefficient (Wildman–Crippen LogP) is 2.16. The summed E-state index contributed by atoms with van der Waals surface area (Å²) in [5, 5.41) is 17.7. The number of thioether (sulfide) groups is 1. The smallest absolute Gasteiger partial charge is 0.313 e. The van der Waals surface area contributed by atoms with Crippen molar-refractivity contribution in [1.29, 1.82) is 0 Å². The summed E-state index contributed by atoms with van der Waals surface area (Å²) in [6.07, 6.45) is 1.77. The molecule has 0 fully saturated rings. The van der Waals surface area contributed by atoms with Gasteiger partial charge in [-0.25, -0.2) is 0 Å². The molecule has 0 aliphatic carbocycles. The molecule has 0 amide bonds. The summed E-state index contributed by atoms with van der Waals surface area (Å²) in [7, 11) is 0. The summed E-state index contributed by atoms with van der Waals surface area (Å²) in [4.78, 5) is 15.2. The third-order valence-electron chi connectivity index (χ3n) is 2.86. The Morgan fingerprint density at radius 2 is 2.19 bits per heavy atom. The van der Waals surface area contributed by atoms with Gasteiger partial charge in [0.2, 0.25) is 0 Å². The number of hydrogen-bond donors (Lipinski definition) is 1. The number of carboxylic acids is 1. The number of nitrogens with zero attached hydrogens (tertiary/aromatic N) is 4. The van der Waals surface area contributed by atoms with Crippen molar-refractivity contribution < 1.29 is 9.90 Å². The van der Waals surface area contributed by atoms with Crippen molar-refractivity contribution in [2.75, 3.05) is 5.75 Å². The quantitative estimate of drug-likeness (QED) is 0.790. The first-order chi connectivity index (χ1) is 10.1. The standard InChI is InChI=1S/C14H18N4O2S/c1-3-5-12-16-17-14(21-9-13(19)20)18(12)8-11-7-4-6-10(2)15-11/h4,6-7H,3,5,8-9H2,1-2H3,(H,19,20). The molecule has 2 aromatic rings. The van der Waals surface area contributed by atoms with Crippen LogP contribution in [0, 0.1) is 6.92 Å². The molecule has 6 nitrogen and oxygen atoms in total. The largest absolute Gasteiger partial charge is 0.481 e. The van der Waals surface area contributed by atoms with E-state index < -0.39 is 5.97 Å². The van der Waals surface area contributed by atoms with Gasteiger partial charge in [-0.05, 0) is 25.5 Å². The van der Waals surface area contributed by atoms with Crippen LogP contribution in [0.2, 0.25) is 0 Å². The van der Waals surface area contributed by atoms with Gasteiger partial charge in [-0.2, -0.15) is 0 Å². The van der Waals surface area contributed by atoms with Crippen LogP contribution in [0.1, 0.15) is 30.6 Å². The fourth-order valence-electron chi connectivity index (χ4n) is 1.97. The SMILES string of the molecule is CCCc1nnc(SCC(=O)O)n1Cc1cccc(C)n1. The van der Waals surface area contributed by atoms with Crippen molar-refractivity contribution in [3.05, 3.63) is 35.4 Å². The van der Waals surface area contributed by atoms with Crippen LogP contribution in [-0.2, 0) is 17.8 Å². The van der Waals surface area contributed by atoms with Gasteiger partial charge in [0, 0.05) is 12.1 Å². The number of carboxylic acid groups (broad SMARTS) is 1. The average Bonchev–Trinajstić information content (AvgIpc) is 2.80. The maximum atomic E-state index is 10.7. The van der Waals surface area contributed by atoms with Gasteiger partial charge < -0.3 is 5.11 Å². The van der Waals surface area contributed by atoms with E-state index in [-0.39, 0.29) is 5.75 Å². The lowest BCUT2D eigenvalue weighted by Gasteiger charge is -2.09. The van der Waals surface area contributed by atoms with E-state index in [0.717, 1.165) is 30.1 Å². The molecule has 112 valence electrons. The molecule has 0 radical (unpaired) electrons. The summed E-state index contributed by atoms with van der Waals surface area (Å²) in [6.45, 7) is 4.59. The molecule has 0 aromatic carbocycles. The molecule has 0 aliphatic heterocycles. The van der Waals surface area contributed by atoms with Gasteiger partial charge in [0.15, 0.2) is 5.16 Å². The monoisotopic (exact) mass is 306 g/mol.